The van der Waals surface area contributed by atoms with E-state index >= 15 is 0 Å². The second-order valence-corrected chi connectivity index (χ2v) is 6.25. The summed E-state index contributed by atoms with van der Waals surface area (Å²) in [6, 6.07) is 1.87. The molecule has 2 amide bonds. The van der Waals surface area contributed by atoms with E-state index in [0.29, 0.717) is 11.8 Å². The first-order valence-corrected chi connectivity index (χ1v) is 7.71. The number of nitrogens with zero attached hydrogens (tertiary/aromatic N) is 2. The van der Waals surface area contributed by atoms with Crippen LogP contribution in [0.1, 0.15) is 10.4 Å². The molecule has 0 spiro atoms. The number of rotatable bonds is 3. The van der Waals surface area contributed by atoms with Crippen molar-refractivity contribution < 1.29 is 14.3 Å². The molecule has 6 heteroatoms. The normalized spacial score (nSPS) is 25.1. The zero-order chi connectivity index (χ0) is 14.1. The highest BCUT2D eigenvalue weighted by Gasteiger charge is 2.42. The lowest BCUT2D eigenvalue weighted by Crippen LogP contribution is -2.36. The van der Waals surface area contributed by atoms with Crippen LogP contribution in [0.4, 0.5) is 0 Å². The molecule has 0 N–H and O–H groups in total. The van der Waals surface area contributed by atoms with Crippen molar-refractivity contribution in [2.24, 2.45) is 11.8 Å². The first kappa shape index (κ1) is 13.6. The van der Waals surface area contributed by atoms with Crippen LogP contribution in [0.5, 0.6) is 0 Å². The largest absolute Gasteiger partial charge is 0.375 e. The fraction of sp³-hybridized carbons (Fsp3) is 0.571. The molecule has 2 fully saturated rings. The van der Waals surface area contributed by atoms with Gasteiger partial charge in [0.05, 0.1) is 5.56 Å². The maximum absolute atomic E-state index is 12.3. The summed E-state index contributed by atoms with van der Waals surface area (Å²) in [4.78, 5) is 27.9. The number of likely N-dealkylation sites (tertiary alicyclic amines) is 2. The van der Waals surface area contributed by atoms with Crippen LogP contribution in [0.25, 0.3) is 0 Å². The predicted molar refractivity (Wildman–Crippen MR) is 75.7 cm³/mol. The molecule has 1 aromatic rings. The van der Waals surface area contributed by atoms with Gasteiger partial charge in [0.25, 0.3) is 5.91 Å². The molecule has 1 aromatic heterocycles. The van der Waals surface area contributed by atoms with Crippen LogP contribution in [0.15, 0.2) is 16.8 Å². The molecule has 0 aliphatic carbocycles. The quantitative estimate of drug-likeness (QED) is 0.833. The molecule has 108 valence electrons. The monoisotopic (exact) mass is 294 g/mol. The first-order chi connectivity index (χ1) is 9.69. The summed E-state index contributed by atoms with van der Waals surface area (Å²) in [7, 11) is 1.54. The minimum atomic E-state index is 0.0533. The van der Waals surface area contributed by atoms with Crippen molar-refractivity contribution in [1.29, 1.82) is 0 Å². The summed E-state index contributed by atoms with van der Waals surface area (Å²) in [6.45, 7) is 3.17. The van der Waals surface area contributed by atoms with Crippen LogP contribution in [0.2, 0.25) is 0 Å². The van der Waals surface area contributed by atoms with Crippen LogP contribution >= 0.6 is 11.3 Å². The predicted octanol–water partition coefficient (Wildman–Crippen LogP) is 0.925. The zero-order valence-corrected chi connectivity index (χ0v) is 12.3. The van der Waals surface area contributed by atoms with Gasteiger partial charge in [-0.05, 0) is 11.4 Å². The summed E-state index contributed by atoms with van der Waals surface area (Å²) in [5.74, 6) is 1.00. The van der Waals surface area contributed by atoms with Crippen LogP contribution in [-0.2, 0) is 9.53 Å². The van der Waals surface area contributed by atoms with E-state index < -0.39 is 0 Å². The highest BCUT2D eigenvalue weighted by Crippen LogP contribution is 2.32. The summed E-state index contributed by atoms with van der Waals surface area (Å²) in [5.41, 5.74) is 0.780. The number of hydrogen-bond donors (Lipinski definition) is 0. The van der Waals surface area contributed by atoms with E-state index in [1.807, 2.05) is 26.6 Å². The Kier molecular flexibility index (Phi) is 3.76. The Morgan fingerprint density at radius 3 is 2.45 bits per heavy atom. The van der Waals surface area contributed by atoms with Gasteiger partial charge in [0.15, 0.2) is 0 Å². The lowest BCUT2D eigenvalue weighted by atomic mass is 10.0. The second kappa shape index (κ2) is 5.54. The minimum absolute atomic E-state index is 0.0533. The van der Waals surface area contributed by atoms with E-state index in [-0.39, 0.29) is 18.4 Å². The van der Waals surface area contributed by atoms with E-state index in [2.05, 4.69) is 0 Å². The number of thiophene rings is 1. The second-order valence-electron chi connectivity index (χ2n) is 5.47. The molecule has 2 aliphatic heterocycles. The fourth-order valence-corrected chi connectivity index (χ4v) is 3.78. The zero-order valence-electron chi connectivity index (χ0n) is 11.4. The molecule has 2 atom stereocenters. The van der Waals surface area contributed by atoms with E-state index in [1.165, 1.54) is 7.11 Å². The van der Waals surface area contributed by atoms with Gasteiger partial charge in [-0.2, -0.15) is 11.3 Å². The minimum Gasteiger partial charge on any atom is -0.375 e. The molecule has 3 rings (SSSR count). The molecule has 20 heavy (non-hydrogen) atoms. The summed E-state index contributed by atoms with van der Waals surface area (Å²) in [5, 5.41) is 3.82. The summed E-state index contributed by atoms with van der Waals surface area (Å²) < 4.78 is 4.89. The third kappa shape index (κ3) is 2.45. The lowest BCUT2D eigenvalue weighted by Gasteiger charge is -2.21. The summed E-state index contributed by atoms with van der Waals surface area (Å²) in [6.07, 6.45) is 0. The molecule has 5 nitrogen and oxygen atoms in total. The number of methoxy groups -OCH3 is 1. The number of amides is 2. The van der Waals surface area contributed by atoms with Gasteiger partial charge in [0.1, 0.15) is 6.61 Å². The molecule has 2 aliphatic rings. The van der Waals surface area contributed by atoms with Crippen molar-refractivity contribution in [3.63, 3.8) is 0 Å². The summed E-state index contributed by atoms with van der Waals surface area (Å²) >= 11 is 1.54. The Bertz CT molecular complexity index is 489. The van der Waals surface area contributed by atoms with E-state index in [0.717, 1.165) is 31.7 Å². The number of carbonyl (C=O) groups is 2. The fourth-order valence-electron chi connectivity index (χ4n) is 3.15. The van der Waals surface area contributed by atoms with Crippen molar-refractivity contribution in [2.45, 2.75) is 0 Å². The molecule has 3 heterocycles. The standard InChI is InChI=1S/C14H18N2O3S/c1-19-8-13(17)15-4-11-6-16(7-12(11)5-15)14(18)10-2-3-20-9-10/h2-3,9,11-12H,4-8H2,1H3. The smallest absolute Gasteiger partial charge is 0.254 e. The third-order valence-corrected chi connectivity index (χ3v) is 4.85. The highest BCUT2D eigenvalue weighted by molar-refractivity contribution is 7.08. The molecular weight excluding hydrogens is 276 g/mol. The topological polar surface area (TPSA) is 49.9 Å². The number of hydrogen-bond acceptors (Lipinski definition) is 4. The third-order valence-electron chi connectivity index (χ3n) is 4.16. The number of fused-ring (bicyclic) bond motifs is 1. The van der Waals surface area contributed by atoms with Crippen LogP contribution < -0.4 is 0 Å². The van der Waals surface area contributed by atoms with Gasteiger partial charge in [-0.25, -0.2) is 0 Å². The Morgan fingerprint density at radius 1 is 1.25 bits per heavy atom. The van der Waals surface area contributed by atoms with Gasteiger partial charge >= 0.3 is 0 Å². The molecule has 0 bridgehead atoms. The highest BCUT2D eigenvalue weighted by atomic mass is 32.1. The lowest BCUT2D eigenvalue weighted by molar-refractivity contribution is -0.134. The van der Waals surface area contributed by atoms with E-state index in [4.69, 9.17) is 4.74 Å². The SMILES string of the molecule is COCC(=O)N1CC2CN(C(=O)c3ccsc3)CC2C1. The Balaban J connectivity index is 1.58. The van der Waals surface area contributed by atoms with Crippen LogP contribution in [-0.4, -0.2) is 61.5 Å². The maximum Gasteiger partial charge on any atom is 0.254 e. The molecule has 2 unspecified atom stereocenters. The Morgan fingerprint density at radius 2 is 1.90 bits per heavy atom. The van der Waals surface area contributed by atoms with Gasteiger partial charge < -0.3 is 14.5 Å². The molecule has 2 saturated heterocycles. The van der Waals surface area contributed by atoms with Gasteiger partial charge in [-0.1, -0.05) is 0 Å². The molecule has 0 radical (unpaired) electrons. The molecule has 0 aromatic carbocycles. The van der Waals surface area contributed by atoms with Crippen molar-refractivity contribution in [3.8, 4) is 0 Å². The van der Waals surface area contributed by atoms with Gasteiger partial charge in [-0.15, -0.1) is 0 Å². The van der Waals surface area contributed by atoms with Crippen molar-refractivity contribution in [1.82, 2.24) is 9.80 Å². The maximum atomic E-state index is 12.3. The first-order valence-electron chi connectivity index (χ1n) is 6.77. The van der Waals surface area contributed by atoms with Gasteiger partial charge in [-0.3, -0.25) is 9.59 Å². The number of carbonyl (C=O) groups excluding carboxylic acids is 2. The van der Waals surface area contributed by atoms with Gasteiger partial charge in [0, 0.05) is 50.5 Å². The number of ether oxygens (including phenoxy) is 1. The molecular formula is C14H18N2O3S. The Hall–Kier alpha value is -1.40. The van der Waals surface area contributed by atoms with Crippen LogP contribution in [0, 0.1) is 11.8 Å². The Labute approximate surface area is 122 Å². The van der Waals surface area contributed by atoms with Crippen molar-refractivity contribution >= 4 is 23.2 Å². The van der Waals surface area contributed by atoms with E-state index in [1.54, 1.807) is 11.3 Å². The van der Waals surface area contributed by atoms with Gasteiger partial charge in [0.2, 0.25) is 5.91 Å². The average Bonchev–Trinajstić information content (AvgIpc) is 3.13. The van der Waals surface area contributed by atoms with Crippen LogP contribution in [0.3, 0.4) is 0 Å². The average molecular weight is 294 g/mol. The van der Waals surface area contributed by atoms with Crippen molar-refractivity contribution in [2.75, 3.05) is 39.9 Å². The van der Waals surface area contributed by atoms with E-state index in [9.17, 15) is 9.59 Å². The molecule has 0 saturated carbocycles. The van der Waals surface area contributed by atoms with Crippen molar-refractivity contribution in [3.05, 3.63) is 22.4 Å².